The van der Waals surface area contributed by atoms with Crippen LogP contribution in [0.15, 0.2) is 130 Å². The molecule has 0 heterocycles. The lowest BCUT2D eigenvalue weighted by atomic mass is 9.99. The third-order valence-corrected chi connectivity index (χ3v) is 8.57. The summed E-state index contributed by atoms with van der Waals surface area (Å²) in [6.45, 7) is 0.297. The number of hydrazone groups is 4. The second-order valence-corrected chi connectivity index (χ2v) is 12.7. The predicted octanol–water partition coefficient (Wildman–Crippen LogP) is 3.76. The lowest BCUT2D eigenvalue weighted by Gasteiger charge is -2.15. The van der Waals surface area contributed by atoms with E-state index in [4.69, 9.17) is 54.0 Å². The zero-order valence-corrected chi connectivity index (χ0v) is 33.8. The fourth-order valence-electron chi connectivity index (χ4n) is 4.61. The summed E-state index contributed by atoms with van der Waals surface area (Å²) in [5, 5.41) is 38.1. The maximum atomic E-state index is 5.61. The quantitative estimate of drug-likeness (QED) is 0.0387. The third kappa shape index (κ3) is 13.1. The van der Waals surface area contributed by atoms with E-state index >= 15 is 0 Å². The summed E-state index contributed by atoms with van der Waals surface area (Å²) >= 11 is 21.5. The smallest absolute Gasteiger partial charge is 0.188 e. The van der Waals surface area contributed by atoms with Gasteiger partial charge in [0, 0.05) is 61.8 Å². The summed E-state index contributed by atoms with van der Waals surface area (Å²) in [5.41, 5.74) is 18.8. The van der Waals surface area contributed by atoms with Gasteiger partial charge in [-0.15, -0.1) is 0 Å². The Balaban J connectivity index is 1.52. The highest BCUT2D eigenvalue weighted by atomic mass is 32.1. The number of anilines is 2. The molecular weight excluding hydrogens is 769 g/mol. The second-order valence-electron chi connectivity index (χ2n) is 11.0. The molecule has 284 valence electrons. The molecule has 0 bridgehead atoms. The minimum Gasteiger partial charge on any atom is -0.388 e. The molecule has 0 spiro atoms. The van der Waals surface area contributed by atoms with E-state index in [1.165, 1.54) is 0 Å². The number of rotatable bonds is 14. The van der Waals surface area contributed by atoms with E-state index in [0.717, 1.165) is 33.6 Å². The summed E-state index contributed by atoms with van der Waals surface area (Å²) in [5.74, 6) is 0. The third-order valence-electron chi connectivity index (χ3n) is 7.45. The van der Waals surface area contributed by atoms with Gasteiger partial charge in [0.1, 0.15) is 22.8 Å². The van der Waals surface area contributed by atoms with Crippen molar-refractivity contribution in [3.8, 4) is 0 Å². The molecule has 0 aliphatic rings. The van der Waals surface area contributed by atoms with Crippen LogP contribution in [-0.4, -0.2) is 78.2 Å². The van der Waals surface area contributed by atoms with Crippen LogP contribution in [0.1, 0.15) is 22.3 Å². The zero-order chi connectivity index (χ0) is 39.4. The molecule has 0 radical (unpaired) electrons. The Morgan fingerprint density at radius 1 is 0.418 bits per heavy atom. The first-order valence-corrected chi connectivity index (χ1v) is 18.4. The Labute approximate surface area is 342 Å². The molecule has 14 nitrogen and oxygen atoms in total. The van der Waals surface area contributed by atoms with Crippen LogP contribution in [0, 0.1) is 0 Å². The van der Waals surface area contributed by atoms with Gasteiger partial charge in [-0.2, -0.15) is 20.4 Å². The number of hydrogen-bond acceptors (Lipinski definition) is 10. The number of nitrogens with zero attached hydrogens (tertiary/aromatic N) is 4. The first-order valence-electron chi connectivity index (χ1n) is 16.8. The van der Waals surface area contributed by atoms with Crippen LogP contribution < -0.4 is 53.6 Å². The normalized spacial score (nSPS) is 11.7. The van der Waals surface area contributed by atoms with Gasteiger partial charge >= 0.3 is 0 Å². The Kier molecular flexibility index (Phi) is 16.8. The van der Waals surface area contributed by atoms with Gasteiger partial charge in [0.2, 0.25) is 0 Å². The monoisotopic (exact) mass is 810 g/mol. The molecule has 0 amide bonds. The van der Waals surface area contributed by atoms with Crippen LogP contribution in [0.3, 0.4) is 0 Å². The Morgan fingerprint density at radius 3 is 1.09 bits per heavy atom. The molecule has 4 aromatic rings. The average Bonchev–Trinajstić information content (AvgIpc) is 3.23. The highest BCUT2D eigenvalue weighted by molar-refractivity contribution is 7.80. The molecular formula is C37H42N14S4. The summed E-state index contributed by atoms with van der Waals surface area (Å²) in [4.78, 5) is 0. The van der Waals surface area contributed by atoms with E-state index in [-0.39, 0.29) is 5.11 Å². The predicted molar refractivity (Wildman–Crippen MR) is 243 cm³/mol. The first kappa shape index (κ1) is 41.7. The van der Waals surface area contributed by atoms with Crippen molar-refractivity contribution in [2.75, 3.05) is 45.5 Å². The van der Waals surface area contributed by atoms with Crippen LogP contribution >= 0.6 is 48.9 Å². The molecule has 55 heavy (non-hydrogen) atoms. The van der Waals surface area contributed by atoms with Gasteiger partial charge in [0.25, 0.3) is 0 Å². The fourth-order valence-corrected chi connectivity index (χ4v) is 4.86. The topological polar surface area (TPSA) is 170 Å². The maximum Gasteiger partial charge on any atom is 0.188 e. The molecule has 0 saturated heterocycles. The van der Waals surface area contributed by atoms with Crippen molar-refractivity contribution in [2.24, 2.45) is 20.4 Å². The highest BCUT2D eigenvalue weighted by Crippen LogP contribution is 2.16. The van der Waals surface area contributed by atoms with Gasteiger partial charge in [-0.25, -0.2) is 0 Å². The molecule has 0 aromatic heterocycles. The van der Waals surface area contributed by atoms with Gasteiger partial charge in [-0.1, -0.05) is 84.9 Å². The van der Waals surface area contributed by atoms with Crippen molar-refractivity contribution in [3.63, 3.8) is 0 Å². The van der Waals surface area contributed by atoms with Gasteiger partial charge in [0.05, 0.1) is 6.67 Å². The highest BCUT2D eigenvalue weighted by Gasteiger charge is 2.18. The lowest BCUT2D eigenvalue weighted by Crippen LogP contribution is -2.37. The van der Waals surface area contributed by atoms with Crippen molar-refractivity contribution in [3.05, 3.63) is 131 Å². The summed E-state index contributed by atoms with van der Waals surface area (Å²) in [6.07, 6.45) is 0. The van der Waals surface area contributed by atoms with Crippen molar-refractivity contribution in [1.82, 2.24) is 43.0 Å². The Bertz CT molecular complexity index is 2030. The van der Waals surface area contributed by atoms with Crippen LogP contribution in [0.5, 0.6) is 0 Å². The molecule has 0 atom stereocenters. The summed E-state index contributed by atoms with van der Waals surface area (Å²) in [6, 6.07) is 34.8. The van der Waals surface area contributed by atoms with Gasteiger partial charge in [0.15, 0.2) is 20.4 Å². The van der Waals surface area contributed by atoms with Crippen molar-refractivity contribution < 1.29 is 0 Å². The van der Waals surface area contributed by atoms with Crippen LogP contribution in [0.2, 0.25) is 0 Å². The van der Waals surface area contributed by atoms with E-state index in [2.05, 4.69) is 68.9 Å². The average molecular weight is 811 g/mol. The van der Waals surface area contributed by atoms with Crippen molar-refractivity contribution in [1.29, 1.82) is 0 Å². The van der Waals surface area contributed by atoms with E-state index in [1.807, 2.05) is 116 Å². The molecule has 10 N–H and O–H groups in total. The second kappa shape index (κ2) is 22.2. The largest absolute Gasteiger partial charge is 0.388 e. The maximum absolute atomic E-state index is 5.61. The van der Waals surface area contributed by atoms with Gasteiger partial charge in [-0.05, 0) is 73.1 Å². The summed E-state index contributed by atoms with van der Waals surface area (Å²) in [7, 11) is 7.01. The molecule has 0 saturated carbocycles. The number of thiocarbonyl (C=S) groups is 4. The Morgan fingerprint density at radius 2 is 0.745 bits per heavy atom. The first-order chi connectivity index (χ1) is 26.8. The number of nitrogens with one attached hydrogen (secondary N) is 10. The van der Waals surface area contributed by atoms with E-state index < -0.39 is 0 Å². The van der Waals surface area contributed by atoms with E-state index in [1.54, 1.807) is 21.1 Å². The molecule has 18 heteroatoms. The standard InChI is InChI=1S/C37H42N14S4/c1-38-28-19-15-26(16-20-28)33(31(45-49-35(53)40-3)25-13-9-6-10-14-25)47-51-37(55)43-23-42-29-21-17-27(18-22-29)32(46-50-36(54)41-4)30(44-48-34(52)39-2)24-11-7-5-8-12-24/h5-22,38,42H,23H2,1-4H3,(H2,39,48,52)(H2,40,49,53)(H2,41,50,54)(H2,43,51,55)/b44-30+,45-31+,46-32+,47-33+. The van der Waals surface area contributed by atoms with Gasteiger partial charge in [-0.3, -0.25) is 21.7 Å². The number of benzene rings is 4. The van der Waals surface area contributed by atoms with Crippen molar-refractivity contribution >= 4 is 104 Å². The lowest BCUT2D eigenvalue weighted by molar-refractivity contribution is 0.909. The molecule has 4 aromatic carbocycles. The Hall–Kier alpha value is -6.08. The fraction of sp³-hybridized carbons (Fsp3) is 0.135. The van der Waals surface area contributed by atoms with Crippen LogP contribution in [-0.2, 0) is 0 Å². The zero-order valence-electron chi connectivity index (χ0n) is 30.5. The van der Waals surface area contributed by atoms with Gasteiger partial charge < -0.3 is 31.9 Å². The molecule has 0 aliphatic heterocycles. The van der Waals surface area contributed by atoms with Crippen molar-refractivity contribution in [2.45, 2.75) is 0 Å². The van der Waals surface area contributed by atoms with E-state index in [9.17, 15) is 0 Å². The van der Waals surface area contributed by atoms with Crippen LogP contribution in [0.25, 0.3) is 0 Å². The molecule has 0 aliphatic carbocycles. The van der Waals surface area contributed by atoms with E-state index in [0.29, 0.717) is 44.9 Å². The minimum atomic E-state index is 0.288. The van der Waals surface area contributed by atoms with Crippen LogP contribution in [0.4, 0.5) is 11.4 Å². The number of hydrogen-bond donors (Lipinski definition) is 10. The molecule has 0 unspecified atom stereocenters. The minimum absolute atomic E-state index is 0.288. The summed E-state index contributed by atoms with van der Waals surface area (Å²) < 4.78 is 0. The molecule has 0 fully saturated rings. The SMILES string of the molecule is CNC(=S)N/N=C(/C(=N/NC(=S)NC)c1ccc(NCNC(=S)N/N=C(/C(=N/NC(=S)NC)c2ccccc2)c2ccc(NC)cc2)cc1)c1ccccc1. The molecule has 4 rings (SSSR count).